The Balaban J connectivity index is 1.39. The third kappa shape index (κ3) is 4.52. The Hall–Kier alpha value is -3.50. The molecule has 0 saturated carbocycles. The predicted octanol–water partition coefficient (Wildman–Crippen LogP) is 3.79. The first-order valence-corrected chi connectivity index (χ1v) is 13.5. The molecule has 0 unspecified atom stereocenters. The third-order valence-electron chi connectivity index (χ3n) is 7.52. The monoisotopic (exact) mass is 536 g/mol. The number of aryl methyl sites for hydroxylation is 1. The van der Waals surface area contributed by atoms with Crippen LogP contribution >= 0.6 is 11.3 Å². The zero-order valence-corrected chi connectivity index (χ0v) is 22.9. The summed E-state index contributed by atoms with van der Waals surface area (Å²) in [6.45, 7) is 7.87. The molecule has 1 amide bonds. The van der Waals surface area contributed by atoms with E-state index in [1.165, 1.54) is 7.11 Å². The van der Waals surface area contributed by atoms with E-state index in [0.29, 0.717) is 23.8 Å². The van der Waals surface area contributed by atoms with Crippen LogP contribution in [0.5, 0.6) is 5.88 Å². The number of amides is 1. The second-order valence-corrected chi connectivity index (χ2v) is 11.3. The fourth-order valence-electron chi connectivity index (χ4n) is 5.38. The number of carbonyl (C=O) groups is 2. The van der Waals surface area contributed by atoms with E-state index in [-0.39, 0.29) is 24.2 Å². The summed E-state index contributed by atoms with van der Waals surface area (Å²) in [5.74, 6) is -0.262. The number of carbonyl (C=O) groups excluding carboxylic acids is 2. The normalized spacial score (nSPS) is 24.0. The Morgan fingerprint density at radius 2 is 2.05 bits per heavy atom. The van der Waals surface area contributed by atoms with Gasteiger partial charge in [-0.3, -0.25) is 9.59 Å². The van der Waals surface area contributed by atoms with Gasteiger partial charge in [-0.05, 0) is 36.0 Å². The first kappa shape index (κ1) is 26.1. The molecule has 38 heavy (non-hydrogen) atoms. The minimum atomic E-state index is -0.978. The maximum Gasteiger partial charge on any atom is 0.254 e. The van der Waals surface area contributed by atoms with Gasteiger partial charge in [-0.15, -0.1) is 11.3 Å². The maximum absolute atomic E-state index is 13.8. The number of likely N-dealkylation sites (tertiary alicyclic amines) is 1. The molecular weight excluding hydrogens is 504 g/mol. The molecule has 1 saturated heterocycles. The van der Waals surface area contributed by atoms with Crippen LogP contribution in [0.15, 0.2) is 52.1 Å². The Kier molecular flexibility index (Phi) is 6.87. The first-order chi connectivity index (χ1) is 18.1. The molecule has 2 aliphatic rings. The second-order valence-electron chi connectivity index (χ2n) is 10.4. The highest BCUT2D eigenvalue weighted by atomic mass is 32.1. The van der Waals surface area contributed by atoms with Crippen molar-refractivity contribution in [2.24, 2.45) is 5.92 Å². The minimum Gasteiger partial charge on any atom is -0.479 e. The maximum atomic E-state index is 13.8. The van der Waals surface area contributed by atoms with Crippen LogP contribution in [-0.2, 0) is 15.1 Å². The van der Waals surface area contributed by atoms with Crippen molar-refractivity contribution in [3.63, 3.8) is 0 Å². The molecule has 0 bridgehead atoms. The van der Waals surface area contributed by atoms with Crippen LogP contribution in [0.4, 0.5) is 0 Å². The molecule has 2 aliphatic heterocycles. The summed E-state index contributed by atoms with van der Waals surface area (Å²) in [6.07, 6.45) is 1.21. The Bertz CT molecular complexity index is 1380. The summed E-state index contributed by atoms with van der Waals surface area (Å²) in [7, 11) is 1.49. The van der Waals surface area contributed by atoms with E-state index in [1.54, 1.807) is 28.4 Å². The number of methoxy groups -OCH3 is 1. The number of aliphatic hydroxyl groups is 1. The topological polar surface area (TPSA) is 118 Å². The fraction of sp³-hybridized carbons (Fsp3) is 0.429. The lowest BCUT2D eigenvalue weighted by molar-refractivity contribution is -0.135. The largest absolute Gasteiger partial charge is 0.479 e. The van der Waals surface area contributed by atoms with Crippen molar-refractivity contribution < 1.29 is 24.0 Å². The van der Waals surface area contributed by atoms with Crippen molar-refractivity contribution in [1.82, 2.24) is 20.4 Å². The zero-order chi connectivity index (χ0) is 27.2. The number of β-amino-alcohol motifs (C(OH)–C–C–N with tert-alkyl or cyclic N) is 1. The van der Waals surface area contributed by atoms with Gasteiger partial charge in [0.25, 0.3) is 5.88 Å². The number of nitrogens with one attached hydrogen (secondary N) is 1. The summed E-state index contributed by atoms with van der Waals surface area (Å²) in [6, 6.07) is 9.07. The lowest BCUT2D eigenvalue weighted by atomic mass is 9.89. The van der Waals surface area contributed by atoms with Gasteiger partial charge in [0.05, 0.1) is 35.3 Å². The molecule has 3 aromatic rings. The number of rotatable bonds is 7. The van der Waals surface area contributed by atoms with Gasteiger partial charge < -0.3 is 24.6 Å². The number of aromatic nitrogens is 2. The van der Waals surface area contributed by atoms with Crippen LogP contribution in [-0.4, -0.2) is 57.6 Å². The SMILES string of the molecule is COc1cc([C@@H](C(=O)N2C[C@H](O)C[C@H]2C2=CC(=O)[C@@](C)(c3ccc(-c4scnc4C)cc3)N2)C(C)C)on1. The van der Waals surface area contributed by atoms with E-state index < -0.39 is 23.6 Å². The predicted molar refractivity (Wildman–Crippen MR) is 143 cm³/mol. The number of thiazole rings is 1. The molecule has 1 aromatic carbocycles. The highest BCUT2D eigenvalue weighted by Crippen LogP contribution is 2.38. The van der Waals surface area contributed by atoms with Crippen LogP contribution in [0.3, 0.4) is 0 Å². The van der Waals surface area contributed by atoms with E-state index >= 15 is 0 Å². The van der Waals surface area contributed by atoms with Gasteiger partial charge in [0, 0.05) is 30.8 Å². The van der Waals surface area contributed by atoms with Gasteiger partial charge in [-0.2, -0.15) is 0 Å². The van der Waals surface area contributed by atoms with Crippen LogP contribution in [0.2, 0.25) is 0 Å². The van der Waals surface area contributed by atoms with E-state index in [2.05, 4.69) is 15.5 Å². The summed E-state index contributed by atoms with van der Waals surface area (Å²) in [5, 5.41) is 17.8. The number of aliphatic hydroxyl groups excluding tert-OH is 1. The average Bonchev–Trinajstić information content (AvgIpc) is 3.67. The van der Waals surface area contributed by atoms with Crippen LogP contribution in [0.25, 0.3) is 10.4 Å². The van der Waals surface area contributed by atoms with Crippen LogP contribution < -0.4 is 10.1 Å². The number of nitrogens with zero attached hydrogens (tertiary/aromatic N) is 3. The molecule has 4 heterocycles. The molecule has 5 rings (SSSR count). The number of benzene rings is 1. The molecule has 2 N–H and O–H groups in total. The Morgan fingerprint density at radius 3 is 2.66 bits per heavy atom. The Morgan fingerprint density at radius 1 is 1.32 bits per heavy atom. The highest BCUT2D eigenvalue weighted by molar-refractivity contribution is 7.13. The molecule has 0 aliphatic carbocycles. The second kappa shape index (κ2) is 9.99. The van der Waals surface area contributed by atoms with Crippen molar-refractivity contribution in [2.75, 3.05) is 13.7 Å². The first-order valence-electron chi connectivity index (χ1n) is 12.7. The summed E-state index contributed by atoms with van der Waals surface area (Å²) < 4.78 is 10.6. The van der Waals surface area contributed by atoms with E-state index in [1.807, 2.05) is 57.5 Å². The lowest BCUT2D eigenvalue weighted by Crippen LogP contribution is -2.46. The number of hydrogen-bond acceptors (Lipinski definition) is 9. The van der Waals surface area contributed by atoms with Crippen molar-refractivity contribution in [2.45, 2.75) is 57.7 Å². The number of ether oxygens (including phenoxy) is 1. The fourth-order valence-corrected chi connectivity index (χ4v) is 6.19. The molecule has 0 radical (unpaired) electrons. The molecule has 1 fully saturated rings. The van der Waals surface area contributed by atoms with Crippen molar-refractivity contribution >= 4 is 23.0 Å². The molecule has 4 atom stereocenters. The van der Waals surface area contributed by atoms with Gasteiger partial charge in [-0.25, -0.2) is 4.98 Å². The molecule has 2 aromatic heterocycles. The summed E-state index contributed by atoms with van der Waals surface area (Å²) in [4.78, 5) is 34.2. The molecule has 9 nitrogen and oxygen atoms in total. The van der Waals surface area contributed by atoms with E-state index in [9.17, 15) is 14.7 Å². The lowest BCUT2D eigenvalue weighted by Gasteiger charge is -2.32. The Labute approximate surface area is 225 Å². The number of hydrogen-bond donors (Lipinski definition) is 2. The smallest absolute Gasteiger partial charge is 0.254 e. The van der Waals surface area contributed by atoms with Crippen molar-refractivity contribution in [3.05, 3.63) is 64.6 Å². The van der Waals surface area contributed by atoms with Gasteiger partial charge in [0.2, 0.25) is 5.91 Å². The van der Waals surface area contributed by atoms with E-state index in [0.717, 1.165) is 21.7 Å². The number of ketones is 1. The van der Waals surface area contributed by atoms with Gasteiger partial charge in [0.1, 0.15) is 11.5 Å². The summed E-state index contributed by atoms with van der Waals surface area (Å²) >= 11 is 1.58. The summed E-state index contributed by atoms with van der Waals surface area (Å²) in [5.41, 5.74) is 4.32. The van der Waals surface area contributed by atoms with Gasteiger partial charge in [0.15, 0.2) is 11.5 Å². The zero-order valence-electron chi connectivity index (χ0n) is 22.1. The van der Waals surface area contributed by atoms with Crippen molar-refractivity contribution in [3.8, 4) is 16.3 Å². The molecular formula is C28H32N4O5S. The van der Waals surface area contributed by atoms with Gasteiger partial charge in [-0.1, -0.05) is 38.1 Å². The van der Waals surface area contributed by atoms with Crippen molar-refractivity contribution in [1.29, 1.82) is 0 Å². The average molecular weight is 537 g/mol. The van der Waals surface area contributed by atoms with E-state index in [4.69, 9.17) is 9.26 Å². The van der Waals surface area contributed by atoms with Crippen LogP contribution in [0.1, 0.15) is 50.1 Å². The minimum absolute atomic E-state index is 0.0864. The highest BCUT2D eigenvalue weighted by Gasteiger charge is 2.47. The van der Waals surface area contributed by atoms with Gasteiger partial charge >= 0.3 is 0 Å². The third-order valence-corrected chi connectivity index (χ3v) is 8.50. The quantitative estimate of drug-likeness (QED) is 0.468. The molecule has 200 valence electrons. The van der Waals surface area contributed by atoms with Crippen LogP contribution in [0, 0.1) is 12.8 Å². The molecule has 0 spiro atoms. The molecule has 10 heteroatoms. The standard InChI is InChI=1S/C28H32N4O5S/c1-15(2)25(22-12-24(36-5)31-37-22)27(35)32-13-19(33)10-21(32)20-11-23(34)28(4,30-20)18-8-6-17(7-9-18)26-16(3)29-14-38-26/h6-9,11-12,14-15,19,21,25,30,33H,10,13H2,1-5H3/t19-,21+,25+,28-/m1/s1.